The number of hydrogen-bond acceptors (Lipinski definition) is 2. The molecule has 0 aliphatic heterocycles. The zero-order valence-corrected chi connectivity index (χ0v) is 11.8. The van der Waals surface area contributed by atoms with Gasteiger partial charge in [0, 0.05) is 19.6 Å². The first-order chi connectivity index (χ1) is 7.97. The highest BCUT2D eigenvalue weighted by Crippen LogP contribution is 2.26. The summed E-state index contributed by atoms with van der Waals surface area (Å²) < 4.78 is 0. The van der Waals surface area contributed by atoms with Gasteiger partial charge in [0.15, 0.2) is 0 Å². The minimum Gasteiger partial charge on any atom is -0.359 e. The van der Waals surface area contributed by atoms with Gasteiger partial charge in [-0.25, -0.2) is 0 Å². The Morgan fingerprint density at radius 2 is 1.88 bits per heavy atom. The number of hydrogen-bond donors (Lipinski definition) is 2. The van der Waals surface area contributed by atoms with Crippen molar-refractivity contribution in [1.29, 1.82) is 0 Å². The molecule has 0 aromatic heterocycles. The molecule has 0 radical (unpaired) electrons. The van der Waals surface area contributed by atoms with Gasteiger partial charge in [0.1, 0.15) is 0 Å². The molecule has 1 aliphatic carbocycles. The first kappa shape index (κ1) is 14.5. The van der Waals surface area contributed by atoms with E-state index in [0.29, 0.717) is 6.04 Å². The van der Waals surface area contributed by atoms with Crippen LogP contribution in [0.1, 0.15) is 52.9 Å². The van der Waals surface area contributed by atoms with Gasteiger partial charge >= 0.3 is 0 Å². The van der Waals surface area contributed by atoms with Crippen molar-refractivity contribution in [2.45, 2.75) is 58.9 Å². The van der Waals surface area contributed by atoms with Crippen LogP contribution in [0.2, 0.25) is 0 Å². The molecule has 0 aromatic carbocycles. The summed E-state index contributed by atoms with van der Waals surface area (Å²) in [6, 6.07) is 0.527. The van der Waals surface area contributed by atoms with E-state index in [9.17, 15) is 4.79 Å². The van der Waals surface area contributed by atoms with Crippen LogP contribution in [0.4, 0.5) is 0 Å². The number of carbonyl (C=O) groups excluding carboxylic acids is 1. The van der Waals surface area contributed by atoms with Crippen LogP contribution in [-0.4, -0.2) is 25.5 Å². The maximum Gasteiger partial charge on any atom is 0.226 e. The van der Waals surface area contributed by atoms with Crippen LogP contribution in [0.25, 0.3) is 0 Å². The van der Waals surface area contributed by atoms with Crippen LogP contribution >= 0.6 is 0 Å². The molecule has 0 bridgehead atoms. The SMILES string of the molecule is CNC(=O)C(C)(C)CNC(C)C1CCCCC1. The predicted molar refractivity (Wildman–Crippen MR) is 71.9 cm³/mol. The first-order valence-corrected chi connectivity index (χ1v) is 6.93. The molecule has 1 fully saturated rings. The summed E-state index contributed by atoms with van der Waals surface area (Å²) in [6.07, 6.45) is 6.82. The van der Waals surface area contributed by atoms with E-state index in [1.165, 1.54) is 32.1 Å². The molecule has 1 unspecified atom stereocenters. The van der Waals surface area contributed by atoms with E-state index in [4.69, 9.17) is 0 Å². The average molecular weight is 240 g/mol. The van der Waals surface area contributed by atoms with Gasteiger partial charge in [0.2, 0.25) is 5.91 Å². The molecule has 17 heavy (non-hydrogen) atoms. The number of nitrogens with one attached hydrogen (secondary N) is 2. The Balaban J connectivity index is 2.36. The molecular weight excluding hydrogens is 212 g/mol. The lowest BCUT2D eigenvalue weighted by molar-refractivity contribution is -0.128. The molecule has 100 valence electrons. The normalized spacial score (nSPS) is 20.0. The second-order valence-corrected chi connectivity index (χ2v) is 6.03. The fourth-order valence-corrected chi connectivity index (χ4v) is 2.64. The van der Waals surface area contributed by atoms with Crippen molar-refractivity contribution >= 4 is 5.91 Å². The lowest BCUT2D eigenvalue weighted by Crippen LogP contribution is -2.46. The standard InChI is InChI=1S/C14H28N2O/c1-11(12-8-6-5-7-9-12)16-10-14(2,3)13(17)15-4/h11-12,16H,5-10H2,1-4H3,(H,15,17). The largest absolute Gasteiger partial charge is 0.359 e. The number of amides is 1. The van der Waals surface area contributed by atoms with Crippen molar-refractivity contribution in [2.75, 3.05) is 13.6 Å². The van der Waals surface area contributed by atoms with E-state index in [1.54, 1.807) is 7.05 Å². The average Bonchev–Trinajstić information content (AvgIpc) is 2.36. The summed E-state index contributed by atoms with van der Waals surface area (Å²) in [6.45, 7) is 7.00. The van der Waals surface area contributed by atoms with Crippen molar-refractivity contribution in [1.82, 2.24) is 10.6 Å². The highest BCUT2D eigenvalue weighted by atomic mass is 16.2. The van der Waals surface area contributed by atoms with Crippen LogP contribution in [0.3, 0.4) is 0 Å². The highest BCUT2D eigenvalue weighted by Gasteiger charge is 2.28. The van der Waals surface area contributed by atoms with E-state index < -0.39 is 0 Å². The van der Waals surface area contributed by atoms with Crippen LogP contribution in [0.5, 0.6) is 0 Å². The number of carbonyl (C=O) groups is 1. The summed E-state index contributed by atoms with van der Waals surface area (Å²) in [5, 5.41) is 6.28. The lowest BCUT2D eigenvalue weighted by atomic mass is 9.84. The van der Waals surface area contributed by atoms with E-state index in [2.05, 4.69) is 17.6 Å². The fourth-order valence-electron chi connectivity index (χ4n) is 2.64. The minimum atomic E-state index is -0.322. The van der Waals surface area contributed by atoms with Crippen molar-refractivity contribution < 1.29 is 4.79 Å². The topological polar surface area (TPSA) is 41.1 Å². The zero-order valence-electron chi connectivity index (χ0n) is 11.8. The summed E-state index contributed by atoms with van der Waals surface area (Å²) in [5.74, 6) is 0.907. The second-order valence-electron chi connectivity index (χ2n) is 6.03. The van der Waals surface area contributed by atoms with Gasteiger partial charge in [-0.1, -0.05) is 19.3 Å². The van der Waals surface area contributed by atoms with Crippen LogP contribution in [-0.2, 0) is 4.79 Å². The van der Waals surface area contributed by atoms with Crippen LogP contribution in [0.15, 0.2) is 0 Å². The van der Waals surface area contributed by atoms with Gasteiger partial charge in [0.05, 0.1) is 5.41 Å². The summed E-state index contributed by atoms with van der Waals surface area (Å²) >= 11 is 0. The predicted octanol–water partition coefficient (Wildman–Crippen LogP) is 2.32. The monoisotopic (exact) mass is 240 g/mol. The van der Waals surface area contributed by atoms with Crippen LogP contribution < -0.4 is 10.6 Å². The Morgan fingerprint density at radius 1 is 1.29 bits per heavy atom. The molecule has 1 aliphatic rings. The van der Waals surface area contributed by atoms with Gasteiger partial charge in [-0.2, -0.15) is 0 Å². The van der Waals surface area contributed by atoms with E-state index >= 15 is 0 Å². The van der Waals surface area contributed by atoms with Crippen LogP contribution in [0, 0.1) is 11.3 Å². The van der Waals surface area contributed by atoms with E-state index in [0.717, 1.165) is 12.5 Å². The second kappa shape index (κ2) is 6.39. The zero-order chi connectivity index (χ0) is 12.9. The Morgan fingerprint density at radius 3 is 2.41 bits per heavy atom. The first-order valence-electron chi connectivity index (χ1n) is 6.93. The van der Waals surface area contributed by atoms with Crippen molar-refractivity contribution in [3.63, 3.8) is 0 Å². The number of rotatable bonds is 5. The molecule has 2 N–H and O–H groups in total. The smallest absolute Gasteiger partial charge is 0.226 e. The molecule has 1 rings (SSSR count). The van der Waals surface area contributed by atoms with Crippen molar-refractivity contribution in [3.8, 4) is 0 Å². The molecule has 1 atom stereocenters. The summed E-state index contributed by atoms with van der Waals surface area (Å²) in [4.78, 5) is 11.7. The Hall–Kier alpha value is -0.570. The maximum absolute atomic E-state index is 11.7. The van der Waals surface area contributed by atoms with Crippen molar-refractivity contribution in [2.24, 2.45) is 11.3 Å². The molecular formula is C14H28N2O. The van der Waals surface area contributed by atoms with Gasteiger partial charge in [-0.15, -0.1) is 0 Å². The quantitative estimate of drug-likeness (QED) is 0.774. The molecule has 3 heteroatoms. The highest BCUT2D eigenvalue weighted by molar-refractivity contribution is 5.81. The molecule has 1 saturated carbocycles. The third kappa shape index (κ3) is 4.30. The molecule has 0 spiro atoms. The Bertz CT molecular complexity index is 245. The third-order valence-electron chi connectivity index (χ3n) is 4.06. The lowest BCUT2D eigenvalue weighted by Gasteiger charge is -2.31. The summed E-state index contributed by atoms with van der Waals surface area (Å²) in [7, 11) is 1.70. The van der Waals surface area contributed by atoms with Gasteiger partial charge in [-0.05, 0) is 39.5 Å². The fraction of sp³-hybridized carbons (Fsp3) is 0.929. The maximum atomic E-state index is 11.7. The molecule has 0 aromatic rings. The van der Waals surface area contributed by atoms with Gasteiger partial charge < -0.3 is 10.6 Å². The Labute approximate surface area is 106 Å². The molecule has 1 amide bonds. The van der Waals surface area contributed by atoms with Crippen molar-refractivity contribution in [3.05, 3.63) is 0 Å². The van der Waals surface area contributed by atoms with Gasteiger partial charge in [0.25, 0.3) is 0 Å². The molecule has 3 nitrogen and oxygen atoms in total. The summed E-state index contributed by atoms with van der Waals surface area (Å²) in [5.41, 5.74) is -0.322. The Kier molecular flexibility index (Phi) is 5.44. The van der Waals surface area contributed by atoms with E-state index in [-0.39, 0.29) is 11.3 Å². The minimum absolute atomic E-state index is 0.112. The van der Waals surface area contributed by atoms with Gasteiger partial charge in [-0.3, -0.25) is 4.79 Å². The molecule has 0 heterocycles. The third-order valence-corrected chi connectivity index (χ3v) is 4.06. The molecule has 0 saturated heterocycles. The van der Waals surface area contributed by atoms with E-state index in [1.807, 2.05) is 13.8 Å².